The Bertz CT molecular complexity index is 1750. The van der Waals surface area contributed by atoms with E-state index in [9.17, 15) is 19.2 Å². The lowest BCUT2D eigenvalue weighted by molar-refractivity contribution is -0.157. The fourth-order valence-electron chi connectivity index (χ4n) is 5.66. The Morgan fingerprint density at radius 2 is 1.47 bits per heavy atom. The number of aromatic nitrogens is 2. The summed E-state index contributed by atoms with van der Waals surface area (Å²) < 4.78 is 31.1. The molecule has 1 saturated heterocycles. The third-order valence-corrected chi connectivity index (χ3v) is 8.10. The average molecular weight is 645 g/mol. The Morgan fingerprint density at radius 3 is 2.02 bits per heavy atom. The number of ether oxygens (including phenoxy) is 5. The smallest absolute Gasteiger partial charge is 0.330 e. The topological polar surface area (TPSA) is 155 Å². The van der Waals surface area contributed by atoms with Crippen LogP contribution in [0.1, 0.15) is 47.7 Å². The highest BCUT2D eigenvalue weighted by atomic mass is 16.6. The lowest BCUT2D eigenvalue weighted by Gasteiger charge is -2.37. The largest absolute Gasteiger partial charge is 0.497 e. The number of nitrogens with zero attached hydrogens (tertiary/aromatic N) is 1. The van der Waals surface area contributed by atoms with Gasteiger partial charge in [-0.25, -0.2) is 4.79 Å². The summed E-state index contributed by atoms with van der Waals surface area (Å²) in [5, 5.41) is 9.07. The van der Waals surface area contributed by atoms with Gasteiger partial charge in [0, 0.05) is 18.2 Å². The molecule has 0 radical (unpaired) electrons. The van der Waals surface area contributed by atoms with Gasteiger partial charge in [-0.3, -0.25) is 23.9 Å². The lowest BCUT2D eigenvalue weighted by Crippen LogP contribution is -2.39. The van der Waals surface area contributed by atoms with E-state index in [2.05, 4.69) is 4.98 Å². The predicted molar refractivity (Wildman–Crippen MR) is 170 cm³/mol. The van der Waals surface area contributed by atoms with Gasteiger partial charge in [0.05, 0.1) is 33.7 Å². The predicted octanol–water partition coefficient (Wildman–Crippen LogP) is 3.94. The Balaban J connectivity index is 1.56. The van der Waals surface area contributed by atoms with Gasteiger partial charge in [0.2, 0.25) is 0 Å². The summed E-state index contributed by atoms with van der Waals surface area (Å²) >= 11 is 0. The summed E-state index contributed by atoms with van der Waals surface area (Å²) in [5.41, 5.74) is 0.228. The summed E-state index contributed by atoms with van der Waals surface area (Å²) in [7, 11) is 3.17. The van der Waals surface area contributed by atoms with Gasteiger partial charge in [-0.05, 0) is 47.9 Å². The van der Waals surface area contributed by atoms with Crippen LogP contribution in [0.5, 0.6) is 11.5 Å². The number of aromatic amines is 1. The van der Waals surface area contributed by atoms with Crippen molar-refractivity contribution in [1.82, 2.24) is 9.55 Å². The molecule has 2 N–H and O–H groups in total. The van der Waals surface area contributed by atoms with Gasteiger partial charge in [0.25, 0.3) is 5.56 Å². The van der Waals surface area contributed by atoms with Gasteiger partial charge >= 0.3 is 17.6 Å². The molecule has 1 aromatic heterocycles. The van der Waals surface area contributed by atoms with Gasteiger partial charge in [-0.1, -0.05) is 54.6 Å². The molecule has 47 heavy (non-hydrogen) atoms. The molecule has 246 valence electrons. The lowest BCUT2D eigenvalue weighted by atomic mass is 9.80. The Morgan fingerprint density at radius 1 is 0.894 bits per heavy atom. The van der Waals surface area contributed by atoms with Crippen molar-refractivity contribution in [1.29, 1.82) is 0 Å². The van der Waals surface area contributed by atoms with Crippen LogP contribution in [0.4, 0.5) is 0 Å². The Hall–Kier alpha value is -5.20. The second-order valence-electron chi connectivity index (χ2n) is 11.1. The first-order valence-electron chi connectivity index (χ1n) is 15.0. The third kappa shape index (κ3) is 7.29. The van der Waals surface area contributed by atoms with Gasteiger partial charge in [0.15, 0.2) is 0 Å². The van der Waals surface area contributed by atoms with Crippen molar-refractivity contribution in [2.75, 3.05) is 20.8 Å². The number of aryl methyl sites for hydroxylation is 1. The molecule has 2 heterocycles. The zero-order valence-electron chi connectivity index (χ0n) is 26.2. The van der Waals surface area contributed by atoms with Crippen molar-refractivity contribution in [3.05, 3.63) is 128 Å². The van der Waals surface area contributed by atoms with Crippen molar-refractivity contribution in [3.8, 4) is 11.5 Å². The first-order chi connectivity index (χ1) is 22.6. The van der Waals surface area contributed by atoms with Crippen molar-refractivity contribution < 1.29 is 38.4 Å². The maximum Gasteiger partial charge on any atom is 0.330 e. The molecule has 0 spiro atoms. The zero-order valence-corrected chi connectivity index (χ0v) is 26.2. The summed E-state index contributed by atoms with van der Waals surface area (Å²) in [6, 6.07) is 24.5. The fraction of sp³-hybridized carbons (Fsp3) is 0.314. The summed E-state index contributed by atoms with van der Waals surface area (Å²) in [6.07, 6.45) is -1.98. The standard InChI is InChI=1S/C35H36N2O10/c1-22-20-37(34(42)36-33(22)41)30-19-28(47-32(40)18-17-31(38)39)29(46-30)21-45-35(23-7-5-4-6-8-23,24-9-13-26(43-2)14-10-24)25-11-15-27(44-3)16-12-25/h4-16,20,28-30H,17-19,21H2,1-3H3,(H,38,39)(H,36,41,42)/t28-,29+,30-/m1/s1. The number of methoxy groups -OCH3 is 2. The molecule has 0 saturated carbocycles. The first kappa shape index (κ1) is 33.2. The van der Waals surface area contributed by atoms with Crippen LogP contribution in [0.3, 0.4) is 0 Å². The number of benzene rings is 3. The minimum Gasteiger partial charge on any atom is -0.497 e. The minimum atomic E-state index is -1.20. The number of hydrogen-bond acceptors (Lipinski definition) is 9. The van der Waals surface area contributed by atoms with Gasteiger partial charge < -0.3 is 28.8 Å². The molecule has 5 rings (SSSR count). The number of esters is 1. The van der Waals surface area contributed by atoms with Crippen LogP contribution >= 0.6 is 0 Å². The molecule has 0 bridgehead atoms. The molecule has 1 fully saturated rings. The molecular formula is C35H36N2O10. The second kappa shape index (κ2) is 14.5. The monoisotopic (exact) mass is 644 g/mol. The van der Waals surface area contributed by atoms with Crippen LogP contribution < -0.4 is 20.7 Å². The van der Waals surface area contributed by atoms with Crippen molar-refractivity contribution >= 4 is 11.9 Å². The highest BCUT2D eigenvalue weighted by molar-refractivity contribution is 5.76. The van der Waals surface area contributed by atoms with E-state index in [0.29, 0.717) is 17.1 Å². The quantitative estimate of drug-likeness (QED) is 0.162. The maximum atomic E-state index is 12.8. The molecule has 12 heteroatoms. The van der Waals surface area contributed by atoms with E-state index in [1.54, 1.807) is 21.1 Å². The van der Waals surface area contributed by atoms with E-state index < -0.39 is 53.6 Å². The van der Waals surface area contributed by atoms with E-state index >= 15 is 0 Å². The van der Waals surface area contributed by atoms with Gasteiger partial charge in [-0.15, -0.1) is 0 Å². The van der Waals surface area contributed by atoms with Crippen LogP contribution in [0.15, 0.2) is 94.6 Å². The van der Waals surface area contributed by atoms with Crippen molar-refractivity contribution in [2.24, 2.45) is 0 Å². The summed E-state index contributed by atoms with van der Waals surface area (Å²) in [5.74, 6) is -0.551. The number of H-pyrrole nitrogens is 1. The summed E-state index contributed by atoms with van der Waals surface area (Å²) in [6.45, 7) is 1.45. The van der Waals surface area contributed by atoms with E-state index in [1.807, 2.05) is 78.9 Å². The van der Waals surface area contributed by atoms with E-state index in [-0.39, 0.29) is 19.4 Å². The van der Waals surface area contributed by atoms with Crippen molar-refractivity contribution in [3.63, 3.8) is 0 Å². The second-order valence-corrected chi connectivity index (χ2v) is 11.1. The van der Waals surface area contributed by atoms with Crippen molar-refractivity contribution in [2.45, 2.75) is 50.2 Å². The highest BCUT2D eigenvalue weighted by Crippen LogP contribution is 2.43. The molecule has 12 nitrogen and oxygen atoms in total. The van der Waals surface area contributed by atoms with Crippen LogP contribution in [0.25, 0.3) is 0 Å². The number of nitrogens with one attached hydrogen (secondary N) is 1. The molecule has 0 unspecified atom stereocenters. The number of carbonyl (C=O) groups excluding carboxylic acids is 1. The van der Waals surface area contributed by atoms with Crippen LogP contribution in [0, 0.1) is 6.92 Å². The number of carboxylic acids is 1. The zero-order chi connectivity index (χ0) is 33.6. The highest BCUT2D eigenvalue weighted by Gasteiger charge is 2.44. The molecule has 3 atom stereocenters. The molecular weight excluding hydrogens is 608 g/mol. The van der Waals surface area contributed by atoms with Gasteiger partial charge in [-0.2, -0.15) is 0 Å². The Labute approximate surface area is 270 Å². The van der Waals surface area contributed by atoms with Gasteiger partial charge in [0.1, 0.15) is 35.5 Å². The van der Waals surface area contributed by atoms with E-state index in [1.165, 1.54) is 10.8 Å². The number of carboxylic acid groups (broad SMARTS) is 1. The number of carbonyl (C=O) groups is 2. The minimum absolute atomic E-state index is 0.0572. The molecule has 0 aliphatic carbocycles. The summed E-state index contributed by atoms with van der Waals surface area (Å²) in [4.78, 5) is 50.9. The Kier molecular flexibility index (Phi) is 10.2. The van der Waals surface area contributed by atoms with Crippen LogP contribution in [-0.4, -0.2) is 59.6 Å². The first-order valence-corrected chi connectivity index (χ1v) is 15.0. The fourth-order valence-corrected chi connectivity index (χ4v) is 5.66. The average Bonchev–Trinajstić information content (AvgIpc) is 3.48. The molecule has 3 aromatic carbocycles. The number of rotatable bonds is 13. The molecule has 1 aliphatic rings. The maximum absolute atomic E-state index is 12.8. The molecule has 1 aliphatic heterocycles. The van der Waals surface area contributed by atoms with Crippen LogP contribution in [0.2, 0.25) is 0 Å². The molecule has 4 aromatic rings. The molecule has 0 amide bonds. The van der Waals surface area contributed by atoms with E-state index in [4.69, 9.17) is 28.8 Å². The SMILES string of the molecule is COc1ccc(C(OC[C@@H]2O[C@@H](n3cc(C)c(=O)[nH]c3=O)C[C@H]2OC(=O)CCC(=O)O)(c2ccccc2)c2ccc(OC)cc2)cc1. The number of hydrogen-bond donors (Lipinski definition) is 2. The van der Waals surface area contributed by atoms with Crippen LogP contribution in [-0.2, 0) is 29.4 Å². The van der Waals surface area contributed by atoms with E-state index in [0.717, 1.165) is 16.7 Å². The third-order valence-electron chi connectivity index (χ3n) is 8.10. The normalized spacial score (nSPS) is 17.6. The number of aliphatic carboxylic acids is 1.